The molecule has 1 aliphatic rings. The molecule has 3 aromatic rings. The lowest BCUT2D eigenvalue weighted by Crippen LogP contribution is -2.54. The smallest absolute Gasteiger partial charge is 0.335 e. The molecular weight excluding hydrogens is 540 g/mol. The molecular formula is C28H25BrN2O6. The van der Waals surface area contributed by atoms with Crippen molar-refractivity contribution in [2.24, 2.45) is 0 Å². The molecule has 0 bridgehead atoms. The number of amides is 4. The van der Waals surface area contributed by atoms with Crippen molar-refractivity contribution in [3.05, 3.63) is 87.4 Å². The maximum Gasteiger partial charge on any atom is 0.335 e. The van der Waals surface area contributed by atoms with E-state index in [-0.39, 0.29) is 12.2 Å². The Morgan fingerprint density at radius 2 is 1.57 bits per heavy atom. The topological polar surface area (TPSA) is 94.2 Å². The van der Waals surface area contributed by atoms with Crippen molar-refractivity contribution in [1.29, 1.82) is 0 Å². The molecule has 9 heteroatoms. The van der Waals surface area contributed by atoms with Crippen molar-refractivity contribution in [2.45, 2.75) is 13.8 Å². The SMILES string of the molecule is COc1cc(/C=C2\C(=O)NC(=O)N(c3ccc(Br)cc3)C2=O)ccc1OCCOc1cc(C)ccc1C. The number of carbonyl (C=O) groups excluding carboxylic acids is 3. The number of nitrogens with one attached hydrogen (secondary N) is 1. The Balaban J connectivity index is 1.48. The van der Waals surface area contributed by atoms with Crippen LogP contribution in [0, 0.1) is 13.8 Å². The van der Waals surface area contributed by atoms with Crippen LogP contribution >= 0.6 is 15.9 Å². The number of halogens is 1. The summed E-state index contributed by atoms with van der Waals surface area (Å²) in [5.74, 6) is 0.222. The summed E-state index contributed by atoms with van der Waals surface area (Å²) in [4.78, 5) is 38.9. The number of urea groups is 1. The number of imide groups is 2. The molecule has 1 N–H and O–H groups in total. The largest absolute Gasteiger partial charge is 0.493 e. The van der Waals surface area contributed by atoms with Crippen molar-refractivity contribution in [3.8, 4) is 17.2 Å². The average Bonchev–Trinajstić information content (AvgIpc) is 2.87. The van der Waals surface area contributed by atoms with Gasteiger partial charge >= 0.3 is 6.03 Å². The lowest BCUT2D eigenvalue weighted by Gasteiger charge is -2.26. The van der Waals surface area contributed by atoms with Crippen molar-refractivity contribution >= 4 is 45.5 Å². The highest BCUT2D eigenvalue weighted by molar-refractivity contribution is 9.10. The molecule has 3 aromatic carbocycles. The summed E-state index contributed by atoms with van der Waals surface area (Å²) < 4.78 is 17.9. The van der Waals surface area contributed by atoms with Gasteiger partial charge in [-0.1, -0.05) is 34.1 Å². The molecule has 1 fully saturated rings. The number of benzene rings is 3. The molecule has 37 heavy (non-hydrogen) atoms. The van der Waals surface area contributed by atoms with Crippen LogP contribution in [0.2, 0.25) is 0 Å². The molecule has 4 rings (SSSR count). The average molecular weight is 565 g/mol. The van der Waals surface area contributed by atoms with E-state index < -0.39 is 17.8 Å². The Bertz CT molecular complexity index is 1380. The van der Waals surface area contributed by atoms with Crippen LogP contribution in [0.25, 0.3) is 6.08 Å². The van der Waals surface area contributed by atoms with Crippen molar-refractivity contribution in [2.75, 3.05) is 25.2 Å². The normalized spacial score (nSPS) is 14.5. The van der Waals surface area contributed by atoms with Gasteiger partial charge in [-0.05, 0) is 79.1 Å². The molecule has 0 unspecified atom stereocenters. The zero-order valence-electron chi connectivity index (χ0n) is 20.5. The van der Waals surface area contributed by atoms with Crippen LogP contribution in [-0.2, 0) is 9.59 Å². The van der Waals surface area contributed by atoms with Crippen LogP contribution in [0.5, 0.6) is 17.2 Å². The summed E-state index contributed by atoms with van der Waals surface area (Å²) in [6, 6.07) is 16.8. The number of anilines is 1. The number of carbonyl (C=O) groups is 3. The van der Waals surface area contributed by atoms with Gasteiger partial charge in [-0.15, -0.1) is 0 Å². The fourth-order valence-electron chi connectivity index (χ4n) is 3.71. The van der Waals surface area contributed by atoms with E-state index in [4.69, 9.17) is 14.2 Å². The summed E-state index contributed by atoms with van der Waals surface area (Å²) in [7, 11) is 1.50. The van der Waals surface area contributed by atoms with Crippen LogP contribution in [-0.4, -0.2) is 38.2 Å². The second-order valence-corrected chi connectivity index (χ2v) is 9.23. The number of rotatable bonds is 8. The lowest BCUT2D eigenvalue weighted by molar-refractivity contribution is -0.122. The molecule has 4 amide bonds. The van der Waals surface area contributed by atoms with Gasteiger partial charge in [-0.2, -0.15) is 0 Å². The van der Waals surface area contributed by atoms with Gasteiger partial charge in [-0.25, -0.2) is 9.69 Å². The summed E-state index contributed by atoms with van der Waals surface area (Å²) in [5.41, 5.74) is 2.85. The van der Waals surface area contributed by atoms with Crippen molar-refractivity contribution in [1.82, 2.24) is 5.32 Å². The monoisotopic (exact) mass is 564 g/mol. The quantitative estimate of drug-likeness (QED) is 0.229. The third-order valence-corrected chi connectivity index (χ3v) is 6.16. The zero-order valence-corrected chi connectivity index (χ0v) is 22.1. The van der Waals surface area contributed by atoms with Gasteiger partial charge in [0.05, 0.1) is 12.8 Å². The molecule has 0 atom stereocenters. The number of barbiturate groups is 1. The van der Waals surface area contributed by atoms with Crippen LogP contribution in [0.4, 0.5) is 10.5 Å². The minimum absolute atomic E-state index is 0.180. The van der Waals surface area contributed by atoms with Crippen LogP contribution < -0.4 is 24.4 Å². The second-order valence-electron chi connectivity index (χ2n) is 8.31. The minimum atomic E-state index is -0.807. The first-order chi connectivity index (χ1) is 17.8. The van der Waals surface area contributed by atoms with Crippen molar-refractivity contribution < 1.29 is 28.6 Å². The Hall–Kier alpha value is -4.11. The highest BCUT2D eigenvalue weighted by Crippen LogP contribution is 2.30. The number of ether oxygens (including phenoxy) is 3. The maximum atomic E-state index is 13.1. The van der Waals surface area contributed by atoms with Crippen LogP contribution in [0.1, 0.15) is 16.7 Å². The third kappa shape index (κ3) is 6.00. The minimum Gasteiger partial charge on any atom is -0.493 e. The molecule has 190 valence electrons. The number of hydrogen-bond acceptors (Lipinski definition) is 6. The summed E-state index contributed by atoms with van der Waals surface area (Å²) in [5, 5.41) is 2.22. The molecule has 0 aliphatic carbocycles. The number of nitrogens with zero attached hydrogens (tertiary/aromatic N) is 1. The predicted molar refractivity (Wildman–Crippen MR) is 143 cm³/mol. The van der Waals surface area contributed by atoms with Gasteiger partial charge in [-0.3, -0.25) is 14.9 Å². The van der Waals surface area contributed by atoms with E-state index in [1.54, 1.807) is 42.5 Å². The van der Waals surface area contributed by atoms with Gasteiger partial charge in [0.25, 0.3) is 11.8 Å². The number of methoxy groups -OCH3 is 1. The molecule has 8 nitrogen and oxygen atoms in total. The summed E-state index contributed by atoms with van der Waals surface area (Å²) in [6.45, 7) is 4.62. The molecule has 0 spiro atoms. The standard InChI is InChI=1S/C28H25BrN2O6/c1-17-4-5-18(2)24(14-17)37-13-12-36-23-11-6-19(16-25(23)35-3)15-22-26(32)30-28(34)31(27(22)33)21-9-7-20(29)8-10-21/h4-11,14-16H,12-13H2,1-3H3,(H,30,32,34)/b22-15+. The van der Waals surface area contributed by atoms with Crippen LogP contribution in [0.3, 0.4) is 0 Å². The van der Waals surface area contributed by atoms with E-state index in [9.17, 15) is 14.4 Å². The number of aryl methyl sites for hydroxylation is 2. The molecule has 0 saturated carbocycles. The van der Waals surface area contributed by atoms with Gasteiger partial charge in [0.1, 0.15) is 24.5 Å². The van der Waals surface area contributed by atoms with Gasteiger partial charge < -0.3 is 14.2 Å². The van der Waals surface area contributed by atoms with E-state index in [1.807, 2.05) is 32.0 Å². The van der Waals surface area contributed by atoms with Gasteiger partial charge in [0, 0.05) is 4.47 Å². The molecule has 1 aliphatic heterocycles. The van der Waals surface area contributed by atoms with E-state index in [0.29, 0.717) is 29.4 Å². The first kappa shape index (κ1) is 26.0. The second kappa shape index (κ2) is 11.3. The van der Waals surface area contributed by atoms with Crippen molar-refractivity contribution in [3.63, 3.8) is 0 Å². The summed E-state index contributed by atoms with van der Waals surface area (Å²) in [6.07, 6.45) is 1.41. The first-order valence-corrected chi connectivity index (χ1v) is 12.2. The predicted octanol–water partition coefficient (Wildman–Crippen LogP) is 5.20. The highest BCUT2D eigenvalue weighted by atomic mass is 79.9. The van der Waals surface area contributed by atoms with E-state index in [0.717, 1.165) is 26.2 Å². The third-order valence-electron chi connectivity index (χ3n) is 5.63. The highest BCUT2D eigenvalue weighted by Gasteiger charge is 2.36. The van der Waals surface area contributed by atoms with Gasteiger partial charge in [0.15, 0.2) is 11.5 Å². The van der Waals surface area contributed by atoms with E-state index in [1.165, 1.54) is 13.2 Å². The Morgan fingerprint density at radius 3 is 2.27 bits per heavy atom. The summed E-state index contributed by atoms with van der Waals surface area (Å²) >= 11 is 3.32. The Labute approximate surface area is 223 Å². The van der Waals surface area contributed by atoms with E-state index in [2.05, 4.69) is 21.2 Å². The zero-order chi connectivity index (χ0) is 26.5. The van der Waals surface area contributed by atoms with Crippen LogP contribution in [0.15, 0.2) is 70.7 Å². The molecule has 1 heterocycles. The van der Waals surface area contributed by atoms with Gasteiger partial charge in [0.2, 0.25) is 0 Å². The fraction of sp³-hybridized carbons (Fsp3) is 0.179. The molecule has 0 radical (unpaired) electrons. The molecule has 0 aromatic heterocycles. The Morgan fingerprint density at radius 1 is 0.865 bits per heavy atom. The Kier molecular flexibility index (Phi) is 7.93. The number of hydrogen-bond donors (Lipinski definition) is 1. The maximum absolute atomic E-state index is 13.1. The first-order valence-electron chi connectivity index (χ1n) is 11.4. The fourth-order valence-corrected chi connectivity index (χ4v) is 3.97. The van der Waals surface area contributed by atoms with E-state index >= 15 is 0 Å². The lowest BCUT2D eigenvalue weighted by atomic mass is 10.1. The molecule has 1 saturated heterocycles.